The lowest BCUT2D eigenvalue weighted by molar-refractivity contribution is -0.176. The molecule has 1 aromatic rings. The molecular formula is C14H20NO2. The van der Waals surface area contributed by atoms with Crippen LogP contribution in [0, 0.1) is 6.92 Å². The molecule has 0 bridgehead atoms. The van der Waals surface area contributed by atoms with Gasteiger partial charge in [-0.1, -0.05) is 32.0 Å². The van der Waals surface area contributed by atoms with Crippen molar-refractivity contribution in [3.63, 3.8) is 0 Å². The maximum atomic E-state index is 6.06. The van der Waals surface area contributed by atoms with Crippen LogP contribution in [0.25, 0.3) is 0 Å². The average molecular weight is 234 g/mol. The van der Waals surface area contributed by atoms with Crippen molar-refractivity contribution in [1.29, 1.82) is 0 Å². The van der Waals surface area contributed by atoms with Crippen molar-refractivity contribution in [3.8, 4) is 0 Å². The number of nitrogens with two attached hydrogens (primary N) is 1. The quantitative estimate of drug-likeness (QED) is 0.817. The minimum atomic E-state index is -0.501. The Bertz CT molecular complexity index is 388. The summed E-state index contributed by atoms with van der Waals surface area (Å²) in [6.07, 6.45) is 1.26. The van der Waals surface area contributed by atoms with Crippen LogP contribution in [-0.2, 0) is 9.47 Å². The van der Waals surface area contributed by atoms with Gasteiger partial charge >= 0.3 is 0 Å². The minimum absolute atomic E-state index is 0.170. The van der Waals surface area contributed by atoms with Gasteiger partial charge in [-0.05, 0) is 25.8 Å². The van der Waals surface area contributed by atoms with Crippen LogP contribution in [0.3, 0.4) is 0 Å². The van der Waals surface area contributed by atoms with E-state index < -0.39 is 5.79 Å². The Hall–Kier alpha value is -1.06. The van der Waals surface area contributed by atoms with Gasteiger partial charge in [0.2, 0.25) is 0 Å². The van der Waals surface area contributed by atoms with E-state index in [1.54, 1.807) is 0 Å². The van der Waals surface area contributed by atoms with E-state index in [0.717, 1.165) is 24.1 Å². The molecule has 1 radical (unpaired) electrons. The number of hydrogen-bond donors (Lipinski definition) is 1. The van der Waals surface area contributed by atoms with E-state index >= 15 is 0 Å². The summed E-state index contributed by atoms with van der Waals surface area (Å²) in [4.78, 5) is 0. The van der Waals surface area contributed by atoms with Crippen molar-refractivity contribution in [2.24, 2.45) is 0 Å². The Balaban J connectivity index is 2.27. The van der Waals surface area contributed by atoms with Gasteiger partial charge < -0.3 is 15.2 Å². The minimum Gasteiger partial charge on any atom is -0.398 e. The van der Waals surface area contributed by atoms with Gasteiger partial charge in [-0.3, -0.25) is 0 Å². The van der Waals surface area contributed by atoms with Crippen LogP contribution in [0.5, 0.6) is 0 Å². The van der Waals surface area contributed by atoms with Gasteiger partial charge in [-0.15, -0.1) is 0 Å². The molecule has 0 amide bonds. The summed E-state index contributed by atoms with van der Waals surface area (Å²) < 4.78 is 11.9. The molecule has 3 nitrogen and oxygen atoms in total. The van der Waals surface area contributed by atoms with Crippen LogP contribution in [0.2, 0.25) is 0 Å². The predicted molar refractivity (Wildman–Crippen MR) is 68.2 cm³/mol. The lowest BCUT2D eigenvalue weighted by Crippen LogP contribution is -2.28. The molecule has 0 aromatic heterocycles. The van der Waals surface area contributed by atoms with E-state index in [1.165, 1.54) is 0 Å². The fourth-order valence-electron chi connectivity index (χ4n) is 2.29. The summed E-state index contributed by atoms with van der Waals surface area (Å²) in [5.74, 6) is -0.501. The summed E-state index contributed by atoms with van der Waals surface area (Å²) in [6, 6.07) is 7.73. The number of ether oxygens (including phenoxy) is 2. The van der Waals surface area contributed by atoms with Crippen LogP contribution < -0.4 is 5.73 Å². The zero-order valence-electron chi connectivity index (χ0n) is 10.5. The van der Waals surface area contributed by atoms with Gasteiger partial charge in [-0.25, -0.2) is 0 Å². The van der Waals surface area contributed by atoms with Crippen LogP contribution in [0.15, 0.2) is 24.3 Å². The Labute approximate surface area is 103 Å². The van der Waals surface area contributed by atoms with E-state index in [9.17, 15) is 0 Å². The molecule has 2 rings (SSSR count). The lowest BCUT2D eigenvalue weighted by atomic mass is 10.0. The first kappa shape index (κ1) is 12.4. The number of rotatable bonds is 3. The molecular weight excluding hydrogens is 214 g/mol. The molecule has 0 spiro atoms. The molecule has 1 aromatic carbocycles. The van der Waals surface area contributed by atoms with Crippen LogP contribution in [0.4, 0.5) is 5.69 Å². The Morgan fingerprint density at radius 2 is 1.88 bits per heavy atom. The second-order valence-corrected chi connectivity index (χ2v) is 4.44. The largest absolute Gasteiger partial charge is 0.398 e. The van der Waals surface area contributed by atoms with Crippen LogP contribution in [-0.4, -0.2) is 11.9 Å². The Kier molecular flexibility index (Phi) is 3.40. The maximum absolute atomic E-state index is 6.06. The summed E-state index contributed by atoms with van der Waals surface area (Å²) in [7, 11) is 0. The Morgan fingerprint density at radius 3 is 2.41 bits per heavy atom. The van der Waals surface area contributed by atoms with E-state index in [0.29, 0.717) is 0 Å². The highest BCUT2D eigenvalue weighted by Crippen LogP contribution is 2.43. The predicted octanol–water partition coefficient (Wildman–Crippen LogP) is 3.08. The monoisotopic (exact) mass is 234 g/mol. The summed E-state index contributed by atoms with van der Waals surface area (Å²) >= 11 is 0. The van der Waals surface area contributed by atoms with E-state index in [-0.39, 0.29) is 12.2 Å². The zero-order valence-corrected chi connectivity index (χ0v) is 10.5. The van der Waals surface area contributed by atoms with Crippen molar-refractivity contribution >= 4 is 5.69 Å². The summed E-state index contributed by atoms with van der Waals surface area (Å²) in [6.45, 7) is 8.15. The summed E-state index contributed by atoms with van der Waals surface area (Å²) in [5.41, 5.74) is 7.67. The zero-order chi connectivity index (χ0) is 12.5. The molecule has 1 aliphatic rings. The highest BCUT2D eigenvalue weighted by molar-refractivity contribution is 5.48. The Morgan fingerprint density at radius 1 is 1.24 bits per heavy atom. The van der Waals surface area contributed by atoms with Crippen LogP contribution >= 0.6 is 0 Å². The molecule has 1 saturated heterocycles. The van der Waals surface area contributed by atoms with Gasteiger partial charge in [0.05, 0.1) is 6.10 Å². The number of para-hydroxylation sites is 1. The second-order valence-electron chi connectivity index (χ2n) is 4.44. The van der Waals surface area contributed by atoms with Crippen molar-refractivity contribution in [2.45, 2.75) is 44.7 Å². The van der Waals surface area contributed by atoms with E-state index in [2.05, 4.69) is 20.8 Å². The lowest BCUT2D eigenvalue weighted by Gasteiger charge is -2.25. The van der Waals surface area contributed by atoms with Crippen molar-refractivity contribution < 1.29 is 9.47 Å². The molecule has 1 fully saturated rings. The van der Waals surface area contributed by atoms with Crippen molar-refractivity contribution in [2.75, 3.05) is 5.73 Å². The third-order valence-corrected chi connectivity index (χ3v) is 3.43. The first-order valence-corrected chi connectivity index (χ1v) is 6.15. The number of hydrogen-bond acceptors (Lipinski definition) is 3. The smallest absolute Gasteiger partial charge is 0.169 e. The average Bonchev–Trinajstić information content (AvgIpc) is 2.68. The van der Waals surface area contributed by atoms with Gasteiger partial charge in [0.25, 0.3) is 0 Å². The second kappa shape index (κ2) is 4.67. The topological polar surface area (TPSA) is 44.5 Å². The number of anilines is 1. The molecule has 1 heterocycles. The fraction of sp³-hybridized carbons (Fsp3) is 0.500. The number of benzene rings is 1. The van der Waals surface area contributed by atoms with Crippen molar-refractivity contribution in [3.05, 3.63) is 36.8 Å². The molecule has 1 aliphatic heterocycles. The normalized spacial score (nSPS) is 27.2. The number of nitrogen functional groups attached to an aromatic ring is 1. The standard InChI is InChI=1S/C14H20NO2/c1-4-14(5-2)16-10(3)13(17-14)11-8-6-7-9-12(11)15/h6-10,13H,3-5,15H2,1-2H3. The van der Waals surface area contributed by atoms with E-state index in [4.69, 9.17) is 15.2 Å². The molecule has 2 N–H and O–H groups in total. The van der Waals surface area contributed by atoms with Crippen LogP contribution in [0.1, 0.15) is 38.4 Å². The molecule has 93 valence electrons. The third-order valence-electron chi connectivity index (χ3n) is 3.43. The van der Waals surface area contributed by atoms with Gasteiger partial charge in [0.15, 0.2) is 5.79 Å². The molecule has 0 saturated carbocycles. The summed E-state index contributed by atoms with van der Waals surface area (Å²) in [5, 5.41) is 0. The third kappa shape index (κ3) is 2.17. The van der Waals surface area contributed by atoms with Gasteiger partial charge in [0.1, 0.15) is 6.10 Å². The molecule has 2 atom stereocenters. The molecule has 17 heavy (non-hydrogen) atoms. The van der Waals surface area contributed by atoms with Gasteiger partial charge in [-0.2, -0.15) is 0 Å². The first-order valence-electron chi connectivity index (χ1n) is 6.15. The van der Waals surface area contributed by atoms with Crippen molar-refractivity contribution in [1.82, 2.24) is 0 Å². The van der Waals surface area contributed by atoms with Gasteiger partial charge in [0, 0.05) is 11.3 Å². The highest BCUT2D eigenvalue weighted by Gasteiger charge is 2.44. The van der Waals surface area contributed by atoms with E-state index in [1.807, 2.05) is 24.3 Å². The fourth-order valence-corrected chi connectivity index (χ4v) is 2.29. The molecule has 0 aliphatic carbocycles. The maximum Gasteiger partial charge on any atom is 0.169 e. The highest BCUT2D eigenvalue weighted by atomic mass is 16.8. The molecule has 3 heteroatoms. The molecule has 2 unspecified atom stereocenters. The SMILES string of the molecule is [CH2]C1OC(CC)(CC)OC1c1ccccc1N. The first-order chi connectivity index (χ1) is 8.12.